The van der Waals surface area contributed by atoms with Gasteiger partial charge in [-0.2, -0.15) is 5.10 Å². The maximum atomic E-state index is 12.4. The Morgan fingerprint density at radius 3 is 2.91 bits per heavy atom. The van der Waals surface area contributed by atoms with E-state index in [1.807, 2.05) is 0 Å². The van der Waals surface area contributed by atoms with Crippen LogP contribution in [0, 0.1) is 0 Å². The molecule has 0 aromatic carbocycles. The number of anilines is 1. The molecular formula is C14H20N8O. The van der Waals surface area contributed by atoms with Gasteiger partial charge in [-0.3, -0.25) is 9.89 Å². The molecule has 0 unspecified atom stereocenters. The fourth-order valence-electron chi connectivity index (χ4n) is 2.47. The molecule has 23 heavy (non-hydrogen) atoms. The second-order valence-electron chi connectivity index (χ2n) is 5.44. The average molecular weight is 316 g/mol. The van der Waals surface area contributed by atoms with Crippen LogP contribution in [0.25, 0.3) is 0 Å². The standard InChI is InChI=1S/C14H20N8O/c1-21(9-12-18-10-19-20-12)14(23)11-7-17-13(8-16-11)22-5-2-3-15-4-6-22/h7-8,10,15H,2-6,9H2,1H3,(H,18,19,20). The van der Waals surface area contributed by atoms with Crippen molar-refractivity contribution in [2.75, 3.05) is 38.1 Å². The third kappa shape index (κ3) is 3.81. The van der Waals surface area contributed by atoms with Crippen LogP contribution in [0.15, 0.2) is 18.7 Å². The number of hydrogen-bond donors (Lipinski definition) is 2. The van der Waals surface area contributed by atoms with Gasteiger partial charge in [0.1, 0.15) is 23.7 Å². The van der Waals surface area contributed by atoms with Crippen LogP contribution in [0.4, 0.5) is 5.82 Å². The Balaban J connectivity index is 1.64. The molecule has 1 fully saturated rings. The lowest BCUT2D eigenvalue weighted by molar-refractivity contribution is 0.0775. The number of carbonyl (C=O) groups excluding carboxylic acids is 1. The van der Waals surface area contributed by atoms with E-state index in [0.29, 0.717) is 18.1 Å². The fourth-order valence-corrected chi connectivity index (χ4v) is 2.47. The van der Waals surface area contributed by atoms with Gasteiger partial charge in [-0.15, -0.1) is 0 Å². The van der Waals surface area contributed by atoms with Gasteiger partial charge in [-0.1, -0.05) is 0 Å². The van der Waals surface area contributed by atoms with Crippen molar-refractivity contribution in [2.45, 2.75) is 13.0 Å². The molecule has 3 rings (SSSR count). The number of nitrogens with zero attached hydrogens (tertiary/aromatic N) is 6. The largest absolute Gasteiger partial charge is 0.354 e. The molecule has 0 aliphatic carbocycles. The van der Waals surface area contributed by atoms with Crippen molar-refractivity contribution in [2.24, 2.45) is 0 Å². The number of nitrogens with one attached hydrogen (secondary N) is 2. The number of rotatable bonds is 4. The van der Waals surface area contributed by atoms with Crippen molar-refractivity contribution in [3.8, 4) is 0 Å². The summed E-state index contributed by atoms with van der Waals surface area (Å²) in [7, 11) is 1.70. The summed E-state index contributed by atoms with van der Waals surface area (Å²) in [4.78, 5) is 28.7. The summed E-state index contributed by atoms with van der Waals surface area (Å²) < 4.78 is 0. The first-order valence-electron chi connectivity index (χ1n) is 7.61. The van der Waals surface area contributed by atoms with Gasteiger partial charge in [0.05, 0.1) is 18.9 Å². The van der Waals surface area contributed by atoms with Crippen molar-refractivity contribution in [3.05, 3.63) is 30.2 Å². The first-order chi connectivity index (χ1) is 11.2. The third-order valence-corrected chi connectivity index (χ3v) is 3.72. The van der Waals surface area contributed by atoms with Crippen molar-refractivity contribution in [1.82, 2.24) is 35.4 Å². The van der Waals surface area contributed by atoms with Crippen LogP contribution in [-0.4, -0.2) is 69.2 Å². The highest BCUT2D eigenvalue weighted by Gasteiger charge is 2.17. The van der Waals surface area contributed by atoms with E-state index >= 15 is 0 Å². The van der Waals surface area contributed by atoms with Crippen molar-refractivity contribution < 1.29 is 4.79 Å². The lowest BCUT2D eigenvalue weighted by Gasteiger charge is -2.21. The minimum absolute atomic E-state index is 0.196. The molecule has 0 radical (unpaired) electrons. The first kappa shape index (κ1) is 15.3. The van der Waals surface area contributed by atoms with Crippen molar-refractivity contribution in [1.29, 1.82) is 0 Å². The lowest BCUT2D eigenvalue weighted by atomic mass is 10.3. The summed E-state index contributed by atoms with van der Waals surface area (Å²) in [5, 5.41) is 9.84. The zero-order valence-electron chi connectivity index (χ0n) is 13.1. The predicted molar refractivity (Wildman–Crippen MR) is 83.9 cm³/mol. The highest BCUT2D eigenvalue weighted by Crippen LogP contribution is 2.11. The second kappa shape index (κ2) is 7.14. The molecule has 2 aromatic heterocycles. The fraction of sp³-hybridized carbons (Fsp3) is 0.500. The number of aromatic amines is 1. The summed E-state index contributed by atoms with van der Waals surface area (Å²) in [6.45, 7) is 4.14. The molecule has 1 aliphatic heterocycles. The van der Waals surface area contributed by atoms with Crippen molar-refractivity contribution in [3.63, 3.8) is 0 Å². The summed E-state index contributed by atoms with van der Waals surface area (Å²) in [5.74, 6) is 1.24. The topological polar surface area (TPSA) is 103 Å². The number of amides is 1. The summed E-state index contributed by atoms with van der Waals surface area (Å²) in [6, 6.07) is 0. The molecule has 0 atom stereocenters. The number of aromatic nitrogens is 5. The van der Waals surface area contributed by atoms with Gasteiger partial charge < -0.3 is 15.1 Å². The lowest BCUT2D eigenvalue weighted by Crippen LogP contribution is -2.30. The molecule has 0 saturated carbocycles. The maximum absolute atomic E-state index is 12.4. The van der Waals surface area contributed by atoms with Crippen LogP contribution < -0.4 is 10.2 Å². The van der Waals surface area contributed by atoms with E-state index in [-0.39, 0.29) is 5.91 Å². The Morgan fingerprint density at radius 2 is 2.17 bits per heavy atom. The molecule has 1 saturated heterocycles. The van der Waals surface area contributed by atoms with Gasteiger partial charge in [0, 0.05) is 26.7 Å². The normalized spacial score (nSPS) is 15.3. The molecule has 9 heteroatoms. The summed E-state index contributed by atoms with van der Waals surface area (Å²) >= 11 is 0. The van der Waals surface area contributed by atoms with Gasteiger partial charge in [-0.05, 0) is 13.0 Å². The maximum Gasteiger partial charge on any atom is 0.274 e. The zero-order chi connectivity index (χ0) is 16.1. The van der Waals surface area contributed by atoms with Crippen LogP contribution in [0.2, 0.25) is 0 Å². The summed E-state index contributed by atoms with van der Waals surface area (Å²) in [5.41, 5.74) is 0.323. The van der Waals surface area contributed by atoms with E-state index in [9.17, 15) is 4.79 Å². The highest BCUT2D eigenvalue weighted by molar-refractivity contribution is 5.91. The van der Waals surface area contributed by atoms with E-state index in [0.717, 1.165) is 38.4 Å². The molecule has 0 bridgehead atoms. The zero-order valence-corrected chi connectivity index (χ0v) is 13.1. The number of H-pyrrole nitrogens is 1. The van der Waals surface area contributed by atoms with Crippen LogP contribution in [0.3, 0.4) is 0 Å². The Hall–Kier alpha value is -2.55. The van der Waals surface area contributed by atoms with E-state index in [1.54, 1.807) is 13.2 Å². The average Bonchev–Trinajstić information content (AvgIpc) is 2.94. The van der Waals surface area contributed by atoms with Gasteiger partial charge in [0.2, 0.25) is 0 Å². The van der Waals surface area contributed by atoms with Crippen molar-refractivity contribution >= 4 is 11.7 Å². The Bertz CT molecular complexity index is 619. The van der Waals surface area contributed by atoms with Crippen LogP contribution in [0.5, 0.6) is 0 Å². The Labute approximate surface area is 134 Å². The van der Waals surface area contributed by atoms with Crippen LogP contribution in [-0.2, 0) is 6.54 Å². The highest BCUT2D eigenvalue weighted by atomic mass is 16.2. The van der Waals surface area contributed by atoms with Gasteiger partial charge in [0.25, 0.3) is 5.91 Å². The van der Waals surface area contributed by atoms with Gasteiger partial charge in [-0.25, -0.2) is 15.0 Å². The second-order valence-corrected chi connectivity index (χ2v) is 5.44. The minimum Gasteiger partial charge on any atom is -0.354 e. The Morgan fingerprint density at radius 1 is 1.26 bits per heavy atom. The number of carbonyl (C=O) groups is 1. The molecular weight excluding hydrogens is 296 g/mol. The van der Waals surface area contributed by atoms with Crippen LogP contribution in [0.1, 0.15) is 22.7 Å². The molecule has 0 spiro atoms. The van der Waals surface area contributed by atoms with Gasteiger partial charge >= 0.3 is 0 Å². The molecule has 2 aromatic rings. The molecule has 2 N–H and O–H groups in total. The predicted octanol–water partition coefficient (Wildman–Crippen LogP) is -0.333. The minimum atomic E-state index is -0.196. The van der Waals surface area contributed by atoms with Gasteiger partial charge in [0.15, 0.2) is 0 Å². The van der Waals surface area contributed by atoms with E-state index in [1.165, 1.54) is 17.4 Å². The molecule has 122 valence electrons. The van der Waals surface area contributed by atoms with E-state index in [4.69, 9.17) is 0 Å². The van der Waals surface area contributed by atoms with Crippen LogP contribution >= 0.6 is 0 Å². The first-order valence-corrected chi connectivity index (χ1v) is 7.61. The molecule has 3 heterocycles. The number of hydrogen-bond acceptors (Lipinski definition) is 7. The monoisotopic (exact) mass is 316 g/mol. The van der Waals surface area contributed by atoms with E-state index < -0.39 is 0 Å². The summed E-state index contributed by atoms with van der Waals surface area (Å²) in [6.07, 6.45) is 5.69. The SMILES string of the molecule is CN(Cc1ncn[nH]1)C(=O)c1cnc(N2CCCNCC2)cn1. The smallest absolute Gasteiger partial charge is 0.274 e. The molecule has 1 amide bonds. The molecule has 9 nitrogen and oxygen atoms in total. The third-order valence-electron chi connectivity index (χ3n) is 3.72. The van der Waals surface area contributed by atoms with E-state index in [2.05, 4.69) is 35.4 Å². The Kier molecular flexibility index (Phi) is 4.77. The quantitative estimate of drug-likeness (QED) is 0.796. The molecule has 1 aliphatic rings.